The van der Waals surface area contributed by atoms with Gasteiger partial charge >= 0.3 is 5.35 Å². The van der Waals surface area contributed by atoms with Crippen molar-refractivity contribution < 1.29 is 4.52 Å². The zero-order valence-electron chi connectivity index (χ0n) is 8.77. The molecule has 4 nitrogen and oxygen atoms in total. The number of nitrogens with zero attached hydrogens (tertiary/aromatic N) is 3. The molecule has 1 aliphatic heterocycles. The van der Waals surface area contributed by atoms with Gasteiger partial charge in [0.05, 0.1) is 0 Å². The molecule has 16 heavy (non-hydrogen) atoms. The Labute approximate surface area is 97.8 Å². The third-order valence-electron chi connectivity index (χ3n) is 2.87. The van der Waals surface area contributed by atoms with Crippen molar-refractivity contribution in [2.24, 2.45) is 0 Å². The molecule has 0 spiro atoms. The van der Waals surface area contributed by atoms with Crippen molar-refractivity contribution >= 4 is 17.3 Å². The summed E-state index contributed by atoms with van der Waals surface area (Å²) >= 11 is 5.60. The van der Waals surface area contributed by atoms with Crippen LogP contribution in [0.1, 0.15) is 5.56 Å². The number of halogens is 1. The molecule has 82 valence electrons. The number of aromatic nitrogens is 2. The highest BCUT2D eigenvalue weighted by Crippen LogP contribution is 2.30. The van der Waals surface area contributed by atoms with Gasteiger partial charge in [0, 0.05) is 24.8 Å². The molecule has 5 heteroatoms. The lowest BCUT2D eigenvalue weighted by Gasteiger charge is -2.11. The Morgan fingerprint density at radius 2 is 2.31 bits per heavy atom. The fourth-order valence-corrected chi connectivity index (χ4v) is 2.14. The minimum Gasteiger partial charge on any atom is -0.374 e. The SMILES string of the molecule is CN1CCc2cc(-c3noc(Cl)n3)ccc21. The number of hydrogen-bond donors (Lipinski definition) is 0. The summed E-state index contributed by atoms with van der Waals surface area (Å²) in [5.41, 5.74) is 3.55. The van der Waals surface area contributed by atoms with Crippen LogP contribution in [0.15, 0.2) is 22.7 Å². The van der Waals surface area contributed by atoms with Gasteiger partial charge in [0.25, 0.3) is 0 Å². The lowest BCUT2D eigenvalue weighted by atomic mass is 10.1. The zero-order chi connectivity index (χ0) is 11.1. The molecule has 0 saturated heterocycles. The smallest absolute Gasteiger partial charge is 0.320 e. The number of anilines is 1. The van der Waals surface area contributed by atoms with E-state index in [9.17, 15) is 0 Å². The van der Waals surface area contributed by atoms with E-state index in [1.165, 1.54) is 11.3 Å². The summed E-state index contributed by atoms with van der Waals surface area (Å²) in [6.45, 7) is 1.06. The highest BCUT2D eigenvalue weighted by molar-refractivity contribution is 6.27. The van der Waals surface area contributed by atoms with E-state index in [-0.39, 0.29) is 5.35 Å². The molecule has 0 aliphatic carbocycles. The van der Waals surface area contributed by atoms with Crippen LogP contribution < -0.4 is 4.90 Å². The Balaban J connectivity index is 2.05. The van der Waals surface area contributed by atoms with Crippen molar-refractivity contribution in [1.82, 2.24) is 10.1 Å². The van der Waals surface area contributed by atoms with Crippen LogP contribution in [0.3, 0.4) is 0 Å². The Bertz CT molecular complexity index is 538. The average molecular weight is 236 g/mol. The summed E-state index contributed by atoms with van der Waals surface area (Å²) < 4.78 is 4.75. The highest BCUT2D eigenvalue weighted by Gasteiger charge is 2.17. The first kappa shape index (κ1) is 9.66. The molecular weight excluding hydrogens is 226 g/mol. The summed E-state index contributed by atoms with van der Waals surface area (Å²) in [5, 5.41) is 3.88. The second kappa shape index (κ2) is 3.49. The average Bonchev–Trinajstić information content (AvgIpc) is 2.86. The largest absolute Gasteiger partial charge is 0.374 e. The van der Waals surface area contributed by atoms with Gasteiger partial charge in [-0.15, -0.1) is 0 Å². The number of likely N-dealkylation sites (N-methyl/N-ethyl adjacent to an activating group) is 1. The molecule has 0 N–H and O–H groups in total. The second-order valence-electron chi connectivity index (χ2n) is 3.89. The van der Waals surface area contributed by atoms with E-state index in [1.54, 1.807) is 0 Å². The van der Waals surface area contributed by atoms with Crippen molar-refractivity contribution in [2.45, 2.75) is 6.42 Å². The molecule has 2 heterocycles. The highest BCUT2D eigenvalue weighted by atomic mass is 35.5. The van der Waals surface area contributed by atoms with Crippen molar-refractivity contribution in [3.05, 3.63) is 29.1 Å². The van der Waals surface area contributed by atoms with E-state index in [4.69, 9.17) is 16.1 Å². The van der Waals surface area contributed by atoms with E-state index in [2.05, 4.69) is 34.2 Å². The summed E-state index contributed by atoms with van der Waals surface area (Å²) in [6.07, 6.45) is 1.06. The zero-order valence-corrected chi connectivity index (χ0v) is 9.53. The van der Waals surface area contributed by atoms with Crippen molar-refractivity contribution in [1.29, 1.82) is 0 Å². The number of hydrogen-bond acceptors (Lipinski definition) is 4. The lowest BCUT2D eigenvalue weighted by molar-refractivity contribution is 0.421. The van der Waals surface area contributed by atoms with Crippen LogP contribution in [0.25, 0.3) is 11.4 Å². The fourth-order valence-electron chi connectivity index (χ4n) is 2.03. The van der Waals surface area contributed by atoms with Gasteiger partial charge in [0.1, 0.15) is 0 Å². The van der Waals surface area contributed by atoms with Gasteiger partial charge in [-0.25, -0.2) is 0 Å². The van der Waals surface area contributed by atoms with Gasteiger partial charge in [0.2, 0.25) is 5.82 Å². The van der Waals surface area contributed by atoms with Crippen molar-refractivity contribution in [2.75, 3.05) is 18.5 Å². The minimum atomic E-state index is 0.0765. The maximum absolute atomic E-state index is 5.60. The lowest BCUT2D eigenvalue weighted by Crippen LogP contribution is -2.12. The normalized spacial score (nSPS) is 14.2. The van der Waals surface area contributed by atoms with Crippen molar-refractivity contribution in [3.63, 3.8) is 0 Å². The predicted molar refractivity (Wildman–Crippen MR) is 61.7 cm³/mol. The fraction of sp³-hybridized carbons (Fsp3) is 0.273. The Hall–Kier alpha value is -1.55. The van der Waals surface area contributed by atoms with Gasteiger partial charge < -0.3 is 9.42 Å². The van der Waals surface area contributed by atoms with E-state index < -0.39 is 0 Å². The summed E-state index contributed by atoms with van der Waals surface area (Å²) in [5.74, 6) is 0.544. The van der Waals surface area contributed by atoms with Crippen LogP contribution in [-0.4, -0.2) is 23.7 Å². The van der Waals surface area contributed by atoms with Gasteiger partial charge in [0.15, 0.2) is 0 Å². The molecule has 0 atom stereocenters. The molecule has 3 rings (SSSR count). The molecule has 0 bridgehead atoms. The summed E-state index contributed by atoms with van der Waals surface area (Å²) in [6, 6.07) is 6.17. The molecule has 0 fully saturated rings. The molecule has 1 aromatic heterocycles. The van der Waals surface area contributed by atoms with Gasteiger partial charge in [-0.05, 0) is 41.8 Å². The third kappa shape index (κ3) is 1.46. The van der Waals surface area contributed by atoms with Crippen LogP contribution >= 0.6 is 11.6 Å². The first-order valence-electron chi connectivity index (χ1n) is 5.08. The molecular formula is C11H10ClN3O. The third-order valence-corrected chi connectivity index (χ3v) is 3.02. The maximum atomic E-state index is 5.60. The second-order valence-corrected chi connectivity index (χ2v) is 4.21. The van der Waals surface area contributed by atoms with Gasteiger partial charge in [-0.1, -0.05) is 5.16 Å². The van der Waals surface area contributed by atoms with E-state index in [1.807, 2.05) is 6.07 Å². The number of rotatable bonds is 1. The van der Waals surface area contributed by atoms with E-state index in [0.717, 1.165) is 18.5 Å². The Kier molecular flexibility index (Phi) is 2.11. The van der Waals surface area contributed by atoms with Gasteiger partial charge in [-0.3, -0.25) is 0 Å². The topological polar surface area (TPSA) is 42.2 Å². The quantitative estimate of drug-likeness (QED) is 0.761. The molecule has 0 unspecified atom stereocenters. The molecule has 2 aromatic rings. The molecule has 0 saturated carbocycles. The predicted octanol–water partition coefficient (Wildman–Crippen LogP) is 2.38. The van der Waals surface area contributed by atoms with E-state index in [0.29, 0.717) is 5.82 Å². The number of fused-ring (bicyclic) bond motifs is 1. The van der Waals surface area contributed by atoms with Crippen LogP contribution in [0.5, 0.6) is 0 Å². The molecule has 1 aromatic carbocycles. The summed E-state index contributed by atoms with van der Waals surface area (Å²) in [7, 11) is 2.09. The van der Waals surface area contributed by atoms with Crippen LogP contribution in [0.4, 0.5) is 5.69 Å². The maximum Gasteiger partial charge on any atom is 0.320 e. The number of benzene rings is 1. The molecule has 1 aliphatic rings. The summed E-state index contributed by atoms with van der Waals surface area (Å²) in [4.78, 5) is 6.24. The Morgan fingerprint density at radius 3 is 3.06 bits per heavy atom. The van der Waals surface area contributed by atoms with Gasteiger partial charge in [-0.2, -0.15) is 4.98 Å². The molecule has 0 amide bonds. The monoisotopic (exact) mass is 235 g/mol. The first-order valence-corrected chi connectivity index (χ1v) is 5.45. The van der Waals surface area contributed by atoms with Crippen LogP contribution in [0.2, 0.25) is 5.35 Å². The van der Waals surface area contributed by atoms with Crippen LogP contribution in [-0.2, 0) is 6.42 Å². The Morgan fingerprint density at radius 1 is 1.44 bits per heavy atom. The van der Waals surface area contributed by atoms with Crippen molar-refractivity contribution in [3.8, 4) is 11.4 Å². The van der Waals surface area contributed by atoms with E-state index >= 15 is 0 Å². The molecule has 0 radical (unpaired) electrons. The first-order chi connectivity index (χ1) is 7.74. The van der Waals surface area contributed by atoms with Crippen LogP contribution in [0, 0.1) is 0 Å². The minimum absolute atomic E-state index is 0.0765. The standard InChI is InChI=1S/C11H10ClN3O/c1-15-5-4-7-6-8(2-3-9(7)15)10-13-11(12)16-14-10/h2-3,6H,4-5H2,1H3.